The lowest BCUT2D eigenvalue weighted by molar-refractivity contribution is -0.136. The first-order chi connectivity index (χ1) is 8.86. The van der Waals surface area contributed by atoms with Gasteiger partial charge >= 0.3 is 6.18 Å². The number of nitrogens with zero attached hydrogens (tertiary/aromatic N) is 1. The van der Waals surface area contributed by atoms with Crippen LogP contribution in [0.5, 0.6) is 0 Å². The Morgan fingerprint density at radius 1 is 1.37 bits per heavy atom. The normalized spacial score (nSPS) is 11.6. The van der Waals surface area contributed by atoms with E-state index in [1.54, 1.807) is 6.20 Å². The average molecular weight is 307 g/mol. The molecular weight excluding hydrogens is 297 g/mol. The Labute approximate surface area is 117 Å². The van der Waals surface area contributed by atoms with Gasteiger partial charge < -0.3 is 5.32 Å². The van der Waals surface area contributed by atoms with Crippen LogP contribution in [0, 0.1) is 6.92 Å². The number of aromatic nitrogens is 1. The number of thiazole rings is 1. The van der Waals surface area contributed by atoms with Crippen LogP contribution in [0.1, 0.15) is 15.4 Å². The van der Waals surface area contributed by atoms with E-state index in [0.717, 1.165) is 16.0 Å². The molecule has 0 fully saturated rings. The summed E-state index contributed by atoms with van der Waals surface area (Å²) < 4.78 is 38.5. The largest absolute Gasteiger partial charge is 0.418 e. The fourth-order valence-corrected chi connectivity index (χ4v) is 2.48. The van der Waals surface area contributed by atoms with E-state index < -0.39 is 11.7 Å². The summed E-state index contributed by atoms with van der Waals surface area (Å²) in [6, 6.07) is 3.68. The Kier molecular flexibility index (Phi) is 4.01. The second-order valence-corrected chi connectivity index (χ2v) is 5.64. The lowest BCUT2D eigenvalue weighted by Crippen LogP contribution is -2.10. The van der Waals surface area contributed by atoms with Gasteiger partial charge in [0.2, 0.25) is 0 Å². The second-order valence-electron chi connectivity index (χ2n) is 3.89. The quantitative estimate of drug-likeness (QED) is 0.886. The minimum atomic E-state index is -4.43. The maximum Gasteiger partial charge on any atom is 0.418 e. The SMILES string of the molecule is Cc1ncc(CNc2ccc(Cl)cc2C(F)(F)F)s1. The van der Waals surface area contributed by atoms with Crippen LogP contribution in [0.2, 0.25) is 5.02 Å². The standard InChI is InChI=1S/C12H10ClF3N2S/c1-7-17-5-9(19-7)6-18-11-3-2-8(13)4-10(11)12(14,15)16/h2-5,18H,6H2,1H3. The zero-order chi connectivity index (χ0) is 14.0. The fraction of sp³-hybridized carbons (Fsp3) is 0.250. The number of anilines is 1. The van der Waals surface area contributed by atoms with Gasteiger partial charge in [0.1, 0.15) is 0 Å². The molecule has 0 amide bonds. The van der Waals surface area contributed by atoms with E-state index in [4.69, 9.17) is 11.6 Å². The van der Waals surface area contributed by atoms with Crippen LogP contribution < -0.4 is 5.32 Å². The van der Waals surface area contributed by atoms with E-state index in [0.29, 0.717) is 6.54 Å². The Balaban J connectivity index is 2.20. The minimum Gasteiger partial charge on any atom is -0.380 e. The molecule has 1 N–H and O–H groups in total. The van der Waals surface area contributed by atoms with E-state index >= 15 is 0 Å². The van der Waals surface area contributed by atoms with Crippen molar-refractivity contribution in [2.24, 2.45) is 0 Å². The van der Waals surface area contributed by atoms with Crippen molar-refractivity contribution in [1.29, 1.82) is 0 Å². The molecule has 2 rings (SSSR count). The molecule has 0 aliphatic carbocycles. The van der Waals surface area contributed by atoms with E-state index in [1.807, 2.05) is 6.92 Å². The van der Waals surface area contributed by atoms with Crippen molar-refractivity contribution < 1.29 is 13.2 Å². The molecule has 0 aliphatic rings. The van der Waals surface area contributed by atoms with Crippen molar-refractivity contribution >= 4 is 28.6 Å². The lowest BCUT2D eigenvalue weighted by atomic mass is 10.1. The molecule has 0 atom stereocenters. The Morgan fingerprint density at radius 3 is 2.68 bits per heavy atom. The van der Waals surface area contributed by atoms with Gasteiger partial charge in [-0.25, -0.2) is 4.98 Å². The lowest BCUT2D eigenvalue weighted by Gasteiger charge is -2.14. The number of hydrogen-bond acceptors (Lipinski definition) is 3. The zero-order valence-corrected chi connectivity index (χ0v) is 11.5. The van der Waals surface area contributed by atoms with Crippen LogP contribution in [-0.4, -0.2) is 4.98 Å². The highest BCUT2D eigenvalue weighted by Gasteiger charge is 2.33. The van der Waals surface area contributed by atoms with Crippen molar-refractivity contribution in [3.05, 3.63) is 44.9 Å². The summed E-state index contributed by atoms with van der Waals surface area (Å²) >= 11 is 7.05. The van der Waals surface area contributed by atoms with Crippen molar-refractivity contribution in [2.75, 3.05) is 5.32 Å². The first kappa shape index (κ1) is 14.1. The smallest absolute Gasteiger partial charge is 0.380 e. The molecule has 7 heteroatoms. The molecule has 0 bridgehead atoms. The summed E-state index contributed by atoms with van der Waals surface area (Å²) in [4.78, 5) is 4.92. The summed E-state index contributed by atoms with van der Waals surface area (Å²) in [6.45, 7) is 2.15. The molecule has 1 heterocycles. The third-order valence-corrected chi connectivity index (χ3v) is 3.56. The molecule has 0 radical (unpaired) electrons. The summed E-state index contributed by atoms with van der Waals surface area (Å²) in [7, 11) is 0. The summed E-state index contributed by atoms with van der Waals surface area (Å²) in [6.07, 6.45) is -2.78. The number of alkyl halides is 3. The van der Waals surface area contributed by atoms with Gasteiger partial charge in [-0.1, -0.05) is 11.6 Å². The number of rotatable bonds is 3. The predicted molar refractivity (Wildman–Crippen MR) is 70.6 cm³/mol. The predicted octanol–water partition coefficient (Wildman–Crippen LogP) is 4.74. The molecule has 102 valence electrons. The highest BCUT2D eigenvalue weighted by atomic mass is 35.5. The minimum absolute atomic E-state index is 0.0166. The summed E-state index contributed by atoms with van der Waals surface area (Å²) in [5, 5.41) is 3.71. The van der Waals surface area contributed by atoms with Crippen molar-refractivity contribution in [3.63, 3.8) is 0 Å². The summed E-state index contributed by atoms with van der Waals surface area (Å²) in [5.41, 5.74) is -0.746. The topological polar surface area (TPSA) is 24.9 Å². The van der Waals surface area contributed by atoms with Crippen LogP contribution in [0.3, 0.4) is 0 Å². The van der Waals surface area contributed by atoms with Crippen LogP contribution in [0.25, 0.3) is 0 Å². The number of benzene rings is 1. The molecule has 19 heavy (non-hydrogen) atoms. The highest BCUT2D eigenvalue weighted by Crippen LogP contribution is 2.36. The van der Waals surface area contributed by atoms with Crippen molar-refractivity contribution in [1.82, 2.24) is 4.98 Å². The summed E-state index contributed by atoms with van der Waals surface area (Å²) in [5.74, 6) is 0. The van der Waals surface area contributed by atoms with Gasteiger partial charge in [0.05, 0.1) is 17.1 Å². The molecule has 0 aliphatic heterocycles. The number of aryl methyl sites for hydroxylation is 1. The first-order valence-corrected chi connectivity index (χ1v) is 6.57. The third kappa shape index (κ3) is 3.61. The number of hydrogen-bond donors (Lipinski definition) is 1. The Hall–Kier alpha value is -1.27. The van der Waals surface area contributed by atoms with E-state index in [9.17, 15) is 13.2 Å². The fourth-order valence-electron chi connectivity index (χ4n) is 1.57. The zero-order valence-electron chi connectivity index (χ0n) is 9.88. The Bertz CT molecular complexity index is 581. The van der Waals surface area contributed by atoms with E-state index in [2.05, 4.69) is 10.3 Å². The van der Waals surface area contributed by atoms with Gasteiger partial charge in [0.25, 0.3) is 0 Å². The van der Waals surface area contributed by atoms with Crippen LogP contribution in [0.4, 0.5) is 18.9 Å². The van der Waals surface area contributed by atoms with Gasteiger partial charge in [0.15, 0.2) is 0 Å². The van der Waals surface area contributed by atoms with Crippen LogP contribution >= 0.6 is 22.9 Å². The van der Waals surface area contributed by atoms with Gasteiger partial charge in [-0.05, 0) is 25.1 Å². The second kappa shape index (κ2) is 5.38. The molecule has 0 saturated heterocycles. The first-order valence-electron chi connectivity index (χ1n) is 5.38. The molecule has 0 saturated carbocycles. The average Bonchev–Trinajstić information content (AvgIpc) is 2.72. The molecule has 1 aromatic carbocycles. The van der Waals surface area contributed by atoms with Crippen molar-refractivity contribution in [3.8, 4) is 0 Å². The van der Waals surface area contributed by atoms with Crippen molar-refractivity contribution in [2.45, 2.75) is 19.6 Å². The van der Waals surface area contributed by atoms with E-state index in [1.165, 1.54) is 23.5 Å². The van der Waals surface area contributed by atoms with Gasteiger partial charge in [-0.3, -0.25) is 0 Å². The van der Waals surface area contributed by atoms with Crippen LogP contribution in [-0.2, 0) is 12.7 Å². The van der Waals surface area contributed by atoms with Gasteiger partial charge in [-0.2, -0.15) is 13.2 Å². The molecule has 1 aromatic heterocycles. The maximum absolute atomic E-state index is 12.8. The monoisotopic (exact) mass is 306 g/mol. The molecule has 2 nitrogen and oxygen atoms in total. The highest BCUT2D eigenvalue weighted by molar-refractivity contribution is 7.11. The number of nitrogens with one attached hydrogen (secondary N) is 1. The molecule has 0 spiro atoms. The number of halogens is 4. The molecule has 0 unspecified atom stereocenters. The Morgan fingerprint density at radius 2 is 2.11 bits per heavy atom. The van der Waals surface area contributed by atoms with Crippen LogP contribution in [0.15, 0.2) is 24.4 Å². The third-order valence-electron chi connectivity index (χ3n) is 2.41. The van der Waals surface area contributed by atoms with Gasteiger partial charge in [-0.15, -0.1) is 11.3 Å². The molecular formula is C12H10ClF3N2S. The molecule has 2 aromatic rings. The van der Waals surface area contributed by atoms with Gasteiger partial charge in [0, 0.05) is 21.8 Å². The maximum atomic E-state index is 12.8. The van der Waals surface area contributed by atoms with E-state index in [-0.39, 0.29) is 10.7 Å².